The summed E-state index contributed by atoms with van der Waals surface area (Å²) >= 11 is 0. The van der Waals surface area contributed by atoms with Crippen molar-refractivity contribution in [1.82, 2.24) is 4.72 Å². The van der Waals surface area contributed by atoms with E-state index in [-0.39, 0.29) is 35.9 Å². The molecule has 1 aromatic rings. The van der Waals surface area contributed by atoms with Gasteiger partial charge in [0.1, 0.15) is 0 Å². The minimum atomic E-state index is -3.73. The van der Waals surface area contributed by atoms with Gasteiger partial charge in [-0.1, -0.05) is 0 Å². The zero-order valence-corrected chi connectivity index (χ0v) is 14.4. The van der Waals surface area contributed by atoms with Gasteiger partial charge in [0.15, 0.2) is 0 Å². The lowest BCUT2D eigenvalue weighted by Crippen LogP contribution is -2.30. The summed E-state index contributed by atoms with van der Waals surface area (Å²) in [4.78, 5) is 11.8. The summed E-state index contributed by atoms with van der Waals surface area (Å²) < 4.78 is 56.1. The monoisotopic (exact) mass is 362 g/mol. The molecule has 0 aliphatic carbocycles. The third kappa shape index (κ3) is 3.71. The van der Waals surface area contributed by atoms with Gasteiger partial charge in [-0.05, 0) is 30.7 Å². The predicted molar refractivity (Wildman–Crippen MR) is 84.1 cm³/mol. The molecule has 1 fully saturated rings. The number of carbonyl (C=O) groups is 1. The largest absolute Gasteiger partial charge is 0.383 e. The van der Waals surface area contributed by atoms with Gasteiger partial charge in [0.05, 0.1) is 22.9 Å². The van der Waals surface area contributed by atoms with Crippen molar-refractivity contribution in [3.8, 4) is 0 Å². The molecule has 1 aromatic carbocycles. The van der Waals surface area contributed by atoms with Crippen molar-refractivity contribution < 1.29 is 26.4 Å². The summed E-state index contributed by atoms with van der Waals surface area (Å²) in [7, 11) is -5.94. The maximum absolute atomic E-state index is 12.2. The molecule has 10 heteroatoms. The molecule has 23 heavy (non-hydrogen) atoms. The Balaban J connectivity index is 2.33. The molecule has 0 atom stereocenters. The second-order valence-electron chi connectivity index (χ2n) is 5.06. The van der Waals surface area contributed by atoms with Crippen LogP contribution >= 0.6 is 0 Å². The number of ether oxygens (including phenoxy) is 1. The predicted octanol–water partition coefficient (Wildman–Crippen LogP) is -0.0138. The van der Waals surface area contributed by atoms with Crippen LogP contribution in [0.15, 0.2) is 23.1 Å². The molecule has 0 spiro atoms. The number of aryl methyl sites for hydroxylation is 1. The summed E-state index contributed by atoms with van der Waals surface area (Å²) in [5.74, 6) is -0.748. The van der Waals surface area contributed by atoms with E-state index >= 15 is 0 Å². The molecule has 1 aliphatic heterocycles. The van der Waals surface area contributed by atoms with E-state index in [1.165, 1.54) is 25.3 Å². The van der Waals surface area contributed by atoms with Gasteiger partial charge in [0.25, 0.3) is 0 Å². The van der Waals surface area contributed by atoms with Crippen LogP contribution in [0.25, 0.3) is 0 Å². The fourth-order valence-corrected chi connectivity index (χ4v) is 4.98. The van der Waals surface area contributed by atoms with E-state index in [1.807, 2.05) is 0 Å². The highest BCUT2D eigenvalue weighted by molar-refractivity contribution is 7.94. The van der Waals surface area contributed by atoms with Gasteiger partial charge in [0.2, 0.25) is 26.0 Å². The Kier molecular flexibility index (Phi) is 5.09. The van der Waals surface area contributed by atoms with Gasteiger partial charge < -0.3 is 4.74 Å². The number of sulfonamides is 2. The Labute approximate surface area is 135 Å². The van der Waals surface area contributed by atoms with E-state index < -0.39 is 26.0 Å². The van der Waals surface area contributed by atoms with Crippen LogP contribution in [-0.4, -0.2) is 48.8 Å². The standard InChI is InChI=1S/C13H18N2O6S2/c1-10-9-11(15-13(16)5-8-22(15,17)18)3-4-12(10)23(19,20)14-6-7-21-2/h3-4,9,14H,5-8H2,1-2H3. The topological polar surface area (TPSA) is 110 Å². The van der Waals surface area contributed by atoms with Crippen LogP contribution in [0.2, 0.25) is 0 Å². The minimum Gasteiger partial charge on any atom is -0.383 e. The van der Waals surface area contributed by atoms with Gasteiger partial charge in [0, 0.05) is 20.1 Å². The molecular formula is C13H18N2O6S2. The number of amides is 1. The van der Waals surface area contributed by atoms with E-state index in [4.69, 9.17) is 4.74 Å². The molecule has 0 aromatic heterocycles. The van der Waals surface area contributed by atoms with E-state index in [2.05, 4.69) is 4.72 Å². The lowest BCUT2D eigenvalue weighted by Gasteiger charge is -2.17. The lowest BCUT2D eigenvalue weighted by molar-refractivity contribution is -0.116. The molecule has 0 unspecified atom stereocenters. The quantitative estimate of drug-likeness (QED) is 0.713. The van der Waals surface area contributed by atoms with Gasteiger partial charge in [-0.2, -0.15) is 0 Å². The third-order valence-corrected chi connectivity index (χ3v) is 6.67. The highest BCUT2D eigenvalue weighted by atomic mass is 32.2. The molecule has 128 valence electrons. The van der Waals surface area contributed by atoms with Crippen molar-refractivity contribution in [3.05, 3.63) is 23.8 Å². The molecule has 0 bridgehead atoms. The maximum Gasteiger partial charge on any atom is 0.242 e. The molecule has 1 N–H and O–H groups in total. The van der Waals surface area contributed by atoms with Crippen LogP contribution in [0.4, 0.5) is 5.69 Å². The zero-order chi connectivity index (χ0) is 17.3. The highest BCUT2D eigenvalue weighted by Crippen LogP contribution is 2.28. The molecule has 8 nitrogen and oxygen atoms in total. The van der Waals surface area contributed by atoms with Crippen LogP contribution < -0.4 is 9.03 Å². The summed E-state index contributed by atoms with van der Waals surface area (Å²) in [6.45, 7) is 1.90. The first-order valence-electron chi connectivity index (χ1n) is 6.84. The summed E-state index contributed by atoms with van der Waals surface area (Å²) in [6, 6.07) is 3.99. The van der Waals surface area contributed by atoms with Crippen molar-refractivity contribution in [2.45, 2.75) is 18.2 Å². The van der Waals surface area contributed by atoms with Crippen LogP contribution in [0.3, 0.4) is 0 Å². The Morgan fingerprint density at radius 1 is 1.35 bits per heavy atom. The normalized spacial score (nSPS) is 17.7. The minimum absolute atomic E-state index is 0.0291. The van der Waals surface area contributed by atoms with E-state index in [9.17, 15) is 21.6 Å². The number of nitrogens with zero attached hydrogens (tertiary/aromatic N) is 1. The number of hydrogen-bond acceptors (Lipinski definition) is 6. The van der Waals surface area contributed by atoms with Crippen molar-refractivity contribution in [1.29, 1.82) is 0 Å². The second-order valence-corrected chi connectivity index (χ2v) is 8.74. The summed E-state index contributed by atoms with van der Waals surface area (Å²) in [5.41, 5.74) is 0.503. The Hall–Kier alpha value is -1.49. The van der Waals surface area contributed by atoms with E-state index in [1.54, 1.807) is 6.92 Å². The third-order valence-electron chi connectivity index (χ3n) is 3.36. The van der Waals surface area contributed by atoms with Crippen molar-refractivity contribution >= 4 is 31.6 Å². The van der Waals surface area contributed by atoms with Crippen molar-refractivity contribution in [2.24, 2.45) is 0 Å². The molecule has 1 saturated heterocycles. The van der Waals surface area contributed by atoms with E-state index in [0.717, 1.165) is 4.31 Å². The molecule has 0 saturated carbocycles. The average molecular weight is 362 g/mol. The van der Waals surface area contributed by atoms with Crippen LogP contribution in [-0.2, 0) is 29.6 Å². The number of hydrogen-bond donors (Lipinski definition) is 1. The Bertz CT molecular complexity index is 817. The molecular weight excluding hydrogens is 344 g/mol. The molecule has 1 aliphatic rings. The number of rotatable bonds is 6. The fraction of sp³-hybridized carbons (Fsp3) is 0.462. The fourth-order valence-electron chi connectivity index (χ4n) is 2.29. The number of nitrogens with one attached hydrogen (secondary N) is 1. The lowest BCUT2D eigenvalue weighted by atomic mass is 10.2. The Morgan fingerprint density at radius 2 is 2.04 bits per heavy atom. The van der Waals surface area contributed by atoms with Crippen LogP contribution in [0.5, 0.6) is 0 Å². The highest BCUT2D eigenvalue weighted by Gasteiger charge is 2.36. The Morgan fingerprint density at radius 3 is 2.57 bits per heavy atom. The maximum atomic E-state index is 12.2. The second kappa shape index (κ2) is 6.56. The SMILES string of the molecule is COCCNS(=O)(=O)c1ccc(N2C(=O)CCS2(=O)=O)cc1C. The molecule has 1 amide bonds. The number of benzene rings is 1. The summed E-state index contributed by atoms with van der Waals surface area (Å²) in [5, 5.41) is 0. The average Bonchev–Trinajstić information content (AvgIpc) is 2.72. The van der Waals surface area contributed by atoms with Gasteiger partial charge in [-0.15, -0.1) is 0 Å². The molecule has 2 rings (SSSR count). The number of carbonyl (C=O) groups excluding carboxylic acids is 1. The van der Waals surface area contributed by atoms with Crippen LogP contribution in [0, 0.1) is 6.92 Å². The first-order valence-corrected chi connectivity index (χ1v) is 9.93. The van der Waals surface area contributed by atoms with Crippen molar-refractivity contribution in [3.63, 3.8) is 0 Å². The van der Waals surface area contributed by atoms with Gasteiger partial charge in [-0.25, -0.2) is 25.9 Å². The van der Waals surface area contributed by atoms with Crippen LogP contribution in [0.1, 0.15) is 12.0 Å². The first kappa shape index (κ1) is 17.9. The zero-order valence-electron chi connectivity index (χ0n) is 12.8. The molecule has 0 radical (unpaired) electrons. The van der Waals surface area contributed by atoms with Gasteiger partial charge >= 0.3 is 0 Å². The summed E-state index contributed by atoms with van der Waals surface area (Å²) in [6.07, 6.45) is -0.0694. The first-order chi connectivity index (χ1) is 10.7. The molecule has 1 heterocycles. The smallest absolute Gasteiger partial charge is 0.242 e. The van der Waals surface area contributed by atoms with E-state index in [0.29, 0.717) is 5.56 Å². The number of anilines is 1. The number of methoxy groups -OCH3 is 1. The van der Waals surface area contributed by atoms with Crippen molar-refractivity contribution in [2.75, 3.05) is 30.3 Å². The van der Waals surface area contributed by atoms with Gasteiger partial charge in [-0.3, -0.25) is 4.79 Å².